The Morgan fingerprint density at radius 3 is 2.82 bits per heavy atom. The summed E-state index contributed by atoms with van der Waals surface area (Å²) >= 11 is 0. The molecule has 1 saturated heterocycles. The first kappa shape index (κ1) is 13.5. The van der Waals surface area contributed by atoms with E-state index in [9.17, 15) is 0 Å². The second-order valence-corrected chi connectivity index (χ2v) is 5.23. The lowest BCUT2D eigenvalue weighted by atomic mass is 9.57. The first-order chi connectivity index (χ1) is 10.8. The van der Waals surface area contributed by atoms with Crippen molar-refractivity contribution >= 4 is 38.4 Å². The smallest absolute Gasteiger partial charge is 0.371 e. The van der Waals surface area contributed by atoms with E-state index in [1.54, 1.807) is 12.4 Å². The van der Waals surface area contributed by atoms with Gasteiger partial charge in [0.15, 0.2) is 6.33 Å². The summed E-state index contributed by atoms with van der Waals surface area (Å²) in [6, 6.07) is 10.3. The Balaban J connectivity index is 1.67. The van der Waals surface area contributed by atoms with Crippen molar-refractivity contribution in [1.82, 2.24) is 30.0 Å². The molecule has 3 aromatic rings. The van der Waals surface area contributed by atoms with Crippen LogP contribution in [0.5, 0.6) is 0 Å². The monoisotopic (exact) mass is 289 g/mol. The highest BCUT2D eigenvalue weighted by atomic mass is 15.2. The average Bonchev–Trinajstić information content (AvgIpc) is 2.93. The van der Waals surface area contributed by atoms with E-state index in [-0.39, 0.29) is 14.1 Å². The minimum Gasteiger partial charge on any atom is -0.371 e. The van der Waals surface area contributed by atoms with Gasteiger partial charge in [-0.15, -0.1) is 4.98 Å². The van der Waals surface area contributed by atoms with Gasteiger partial charge in [0.2, 0.25) is 0 Å². The molecule has 0 unspecified atom stereocenters. The summed E-state index contributed by atoms with van der Waals surface area (Å²) in [6.07, 6.45) is 5.39. The van der Waals surface area contributed by atoms with Gasteiger partial charge in [-0.3, -0.25) is 4.48 Å². The first-order valence-corrected chi connectivity index (χ1v) is 7.15. The van der Waals surface area contributed by atoms with Crippen molar-refractivity contribution in [2.24, 2.45) is 7.05 Å². The first-order valence-electron chi connectivity index (χ1n) is 7.15. The predicted molar refractivity (Wildman–Crippen MR) is 86.8 cm³/mol. The number of hydrogen-bond acceptors (Lipinski definition) is 5. The normalized spacial score (nSPS) is 15.1. The van der Waals surface area contributed by atoms with Crippen LogP contribution in [0.3, 0.4) is 0 Å². The molecule has 1 radical (unpaired) electrons. The van der Waals surface area contributed by atoms with Crippen LogP contribution in [-0.2, 0) is 7.05 Å². The summed E-state index contributed by atoms with van der Waals surface area (Å²) in [5, 5.41) is 10.1. The van der Waals surface area contributed by atoms with Crippen molar-refractivity contribution in [1.29, 1.82) is 0 Å². The molecule has 7 nitrogen and oxygen atoms in total. The molecule has 3 heterocycles. The van der Waals surface area contributed by atoms with Gasteiger partial charge in [-0.25, -0.2) is 9.55 Å². The molecule has 1 aromatic carbocycles. The molecule has 0 atom stereocenters. The van der Waals surface area contributed by atoms with E-state index >= 15 is 0 Å². The minimum absolute atomic E-state index is 0.0341. The highest BCUT2D eigenvalue weighted by molar-refractivity contribution is 6.85. The standard InChI is InChI=1S/C12H14B3N7/c1-21-9-22(12-11(21)16-7-8-17-12)15-19-13-18-14(20-15)10-5-3-2-4-6-10/h2-9,18-20H,1H3/q+1. The summed E-state index contributed by atoms with van der Waals surface area (Å²) in [7, 11) is 3.72. The second kappa shape index (κ2) is 5.56. The Morgan fingerprint density at radius 2 is 1.95 bits per heavy atom. The fourth-order valence-electron chi connectivity index (χ4n) is 2.70. The number of nitrogens with one attached hydrogen (secondary N) is 3. The van der Waals surface area contributed by atoms with E-state index in [1.165, 1.54) is 5.46 Å². The predicted octanol–water partition coefficient (Wildman–Crippen LogP) is -2.20. The second-order valence-electron chi connectivity index (χ2n) is 5.23. The van der Waals surface area contributed by atoms with Crippen LogP contribution in [0.25, 0.3) is 11.3 Å². The van der Waals surface area contributed by atoms with E-state index in [2.05, 4.69) is 37.5 Å². The van der Waals surface area contributed by atoms with Crippen molar-refractivity contribution < 1.29 is 4.48 Å². The summed E-state index contributed by atoms with van der Waals surface area (Å²) in [5.74, 6) is 0. The molecular formula is C12H14B3N7+. The zero-order valence-corrected chi connectivity index (χ0v) is 12.1. The van der Waals surface area contributed by atoms with Gasteiger partial charge in [0.25, 0.3) is 13.2 Å². The van der Waals surface area contributed by atoms with Crippen LogP contribution in [0, 0.1) is 0 Å². The highest BCUT2D eigenvalue weighted by Crippen LogP contribution is 2.01. The lowest BCUT2D eigenvalue weighted by Crippen LogP contribution is -2.82. The number of fused-ring (bicyclic) bond motifs is 1. The third-order valence-electron chi connectivity index (χ3n) is 3.76. The van der Waals surface area contributed by atoms with Gasteiger partial charge in [-0.2, -0.15) is 0 Å². The number of imidazole rings is 1. The Kier molecular flexibility index (Phi) is 3.41. The quantitative estimate of drug-likeness (QED) is 0.467. The van der Waals surface area contributed by atoms with Crippen LogP contribution in [0.1, 0.15) is 0 Å². The Morgan fingerprint density at radius 1 is 1.14 bits per heavy atom. The van der Waals surface area contributed by atoms with Gasteiger partial charge in [-0.05, 0) is 5.46 Å². The zero-order chi connectivity index (χ0) is 14.9. The fraction of sp³-hybridized carbons (Fsp3) is 0.0833. The average molecular weight is 289 g/mol. The van der Waals surface area contributed by atoms with Gasteiger partial charge >= 0.3 is 19.7 Å². The molecule has 0 amide bonds. The van der Waals surface area contributed by atoms with Gasteiger partial charge in [0, 0.05) is 0 Å². The topological polar surface area (TPSA) is 70.7 Å². The van der Waals surface area contributed by atoms with Gasteiger partial charge in [0.05, 0.1) is 13.2 Å². The maximum Gasteiger partial charge on any atom is 0.500 e. The molecule has 10 heteroatoms. The molecule has 4 rings (SSSR count). The van der Waals surface area contributed by atoms with Crippen LogP contribution in [0.4, 0.5) is 0 Å². The summed E-state index contributed by atoms with van der Waals surface area (Å²) in [6.45, 7) is 0.0341. The molecule has 2 aromatic heterocycles. The molecule has 1 aliphatic rings. The number of rotatable bonds is 2. The molecule has 3 N–H and O–H groups in total. The van der Waals surface area contributed by atoms with E-state index in [1.807, 2.05) is 48.2 Å². The minimum atomic E-state index is -0.105. The van der Waals surface area contributed by atoms with Crippen molar-refractivity contribution in [2.45, 2.75) is 0 Å². The molecule has 22 heavy (non-hydrogen) atoms. The Bertz CT molecular complexity index is 794. The number of aromatic nitrogens is 4. The molecule has 0 saturated carbocycles. The van der Waals surface area contributed by atoms with Crippen molar-refractivity contribution in [3.05, 3.63) is 49.1 Å². The zero-order valence-electron chi connectivity index (χ0n) is 12.1. The molecule has 105 valence electrons. The summed E-state index contributed by atoms with van der Waals surface area (Å²) in [5.41, 5.74) is 2.86. The molecule has 1 fully saturated rings. The summed E-state index contributed by atoms with van der Waals surface area (Å²) < 4.78 is 4.00. The molecule has 0 spiro atoms. The Hall–Kier alpha value is -2.16. The molecular weight excluding hydrogens is 275 g/mol. The SMILES string of the molecule is Cn1c[n+](B2N[B]NB(c3ccccc3)N2)c2nccnc21. The summed E-state index contributed by atoms with van der Waals surface area (Å²) in [4.78, 5) is 8.81. The van der Waals surface area contributed by atoms with Gasteiger partial charge in [0.1, 0.15) is 6.20 Å². The lowest BCUT2D eigenvalue weighted by molar-refractivity contribution is -0.515. The van der Waals surface area contributed by atoms with Gasteiger partial charge in [-0.1, -0.05) is 30.3 Å². The van der Waals surface area contributed by atoms with E-state index in [0.717, 1.165) is 11.3 Å². The largest absolute Gasteiger partial charge is 0.500 e. The van der Waals surface area contributed by atoms with Crippen LogP contribution in [-0.4, -0.2) is 36.2 Å². The molecule has 1 aliphatic heterocycles. The van der Waals surface area contributed by atoms with Crippen molar-refractivity contribution in [2.75, 3.05) is 0 Å². The van der Waals surface area contributed by atoms with Crippen molar-refractivity contribution in [3.63, 3.8) is 0 Å². The van der Waals surface area contributed by atoms with Crippen LogP contribution >= 0.6 is 0 Å². The van der Waals surface area contributed by atoms with E-state index < -0.39 is 0 Å². The number of hydrogen-bond donors (Lipinski definition) is 3. The van der Waals surface area contributed by atoms with Crippen molar-refractivity contribution in [3.8, 4) is 0 Å². The van der Waals surface area contributed by atoms with Crippen LogP contribution in [0.2, 0.25) is 0 Å². The molecule has 0 bridgehead atoms. The number of aryl methyl sites for hydroxylation is 1. The van der Waals surface area contributed by atoms with Gasteiger partial charge < -0.3 is 15.4 Å². The number of nitrogens with zero attached hydrogens (tertiary/aromatic N) is 4. The maximum absolute atomic E-state index is 4.44. The lowest BCUT2D eigenvalue weighted by Gasteiger charge is -2.25. The third kappa shape index (κ3) is 2.31. The van der Waals surface area contributed by atoms with E-state index in [0.29, 0.717) is 0 Å². The van der Waals surface area contributed by atoms with Crippen LogP contribution in [0.15, 0.2) is 49.1 Å². The highest BCUT2D eigenvalue weighted by Gasteiger charge is 2.36. The van der Waals surface area contributed by atoms with E-state index in [4.69, 9.17) is 0 Å². The van der Waals surface area contributed by atoms with Crippen LogP contribution < -0.4 is 25.4 Å². The fourth-order valence-corrected chi connectivity index (χ4v) is 2.70. The Labute approximate surface area is 129 Å². The molecule has 0 aliphatic carbocycles. The number of benzene rings is 1. The maximum atomic E-state index is 4.44. The third-order valence-corrected chi connectivity index (χ3v) is 3.76.